The third-order valence-electron chi connectivity index (χ3n) is 12.2. The normalized spacial score (nSPS) is 18.5. The van der Waals surface area contributed by atoms with Crippen LogP contribution in [-0.4, -0.2) is 16.8 Å². The fourth-order valence-corrected chi connectivity index (χ4v) is 9.11. The second-order valence-electron chi connectivity index (χ2n) is 17.0. The third-order valence-corrected chi connectivity index (χ3v) is 12.2. The topological polar surface area (TPSA) is 3.01 Å². The highest BCUT2D eigenvalue weighted by Crippen LogP contribution is 2.52. The van der Waals surface area contributed by atoms with Crippen molar-refractivity contribution in [3.63, 3.8) is 0 Å². The Morgan fingerprint density at radius 1 is 0.529 bits per heavy atom. The van der Waals surface area contributed by atoms with Gasteiger partial charge in [-0.25, -0.2) is 0 Å². The lowest BCUT2D eigenvalue weighted by Gasteiger charge is -2.24. The van der Waals surface area contributed by atoms with Crippen molar-refractivity contribution in [1.29, 1.82) is 0 Å². The second kappa shape index (κ2) is 21.8. The van der Waals surface area contributed by atoms with Gasteiger partial charge in [-0.1, -0.05) is 216 Å². The Hall–Kier alpha value is -2.67. The molecule has 0 saturated heterocycles. The van der Waals surface area contributed by atoms with E-state index in [9.17, 15) is 0 Å². The molecule has 0 N–H and O–H groups in total. The number of rotatable bonds is 25. The van der Waals surface area contributed by atoms with Crippen molar-refractivity contribution in [3.05, 3.63) is 101 Å². The van der Waals surface area contributed by atoms with Gasteiger partial charge in [0, 0.05) is 35.5 Å². The summed E-state index contributed by atoms with van der Waals surface area (Å²) in [6.45, 7) is 15.4. The molecule has 0 amide bonds. The van der Waals surface area contributed by atoms with E-state index >= 15 is 0 Å². The highest BCUT2D eigenvalue weighted by molar-refractivity contribution is 6.03. The van der Waals surface area contributed by atoms with Gasteiger partial charge in [0.2, 0.25) is 5.69 Å². The van der Waals surface area contributed by atoms with Gasteiger partial charge in [-0.3, -0.25) is 0 Å². The first-order chi connectivity index (χ1) is 24.8. The lowest BCUT2D eigenvalue weighted by atomic mass is 9.80. The quantitative estimate of drug-likeness (QED) is 0.0554. The van der Waals surface area contributed by atoms with E-state index < -0.39 is 0 Å². The molecule has 0 spiro atoms. The molecule has 1 heterocycles. The maximum Gasteiger partial charge on any atom is 0.209 e. The first-order valence-corrected chi connectivity index (χ1v) is 21.7. The van der Waals surface area contributed by atoms with Gasteiger partial charge in [0.15, 0.2) is 5.71 Å². The Morgan fingerprint density at radius 3 is 1.65 bits per heavy atom. The van der Waals surface area contributed by atoms with Gasteiger partial charge in [-0.2, -0.15) is 4.58 Å². The molecule has 51 heavy (non-hydrogen) atoms. The SMILES string of the molecule is CCCCCCCCCCCCC1\C(=C/C=C/C=C/C2=[N+](CCCCCCCCCCCC)c3ccccc3C2(C)C)C(C)(C)c2ccccc21. The first kappa shape index (κ1) is 41.1. The van der Waals surface area contributed by atoms with E-state index in [1.165, 1.54) is 157 Å². The van der Waals surface area contributed by atoms with E-state index in [4.69, 9.17) is 0 Å². The summed E-state index contributed by atoms with van der Waals surface area (Å²) in [5.41, 5.74) is 9.07. The summed E-state index contributed by atoms with van der Waals surface area (Å²) in [4.78, 5) is 0. The molecule has 0 bridgehead atoms. The number of unbranched alkanes of at least 4 members (excludes halogenated alkanes) is 18. The molecule has 280 valence electrons. The van der Waals surface area contributed by atoms with E-state index in [1.807, 2.05) is 0 Å². The molecule has 0 fully saturated rings. The lowest BCUT2D eigenvalue weighted by Crippen LogP contribution is -2.27. The first-order valence-electron chi connectivity index (χ1n) is 21.7. The van der Waals surface area contributed by atoms with Gasteiger partial charge in [0.25, 0.3) is 0 Å². The maximum atomic E-state index is 2.63. The minimum Gasteiger partial charge on any atom is -0.195 e. The third kappa shape index (κ3) is 11.7. The largest absolute Gasteiger partial charge is 0.209 e. The summed E-state index contributed by atoms with van der Waals surface area (Å²) < 4.78 is 2.63. The molecule has 2 aliphatic rings. The molecule has 2 aromatic rings. The van der Waals surface area contributed by atoms with Crippen LogP contribution >= 0.6 is 0 Å². The zero-order chi connectivity index (χ0) is 36.4. The zero-order valence-electron chi connectivity index (χ0n) is 34.1. The van der Waals surface area contributed by atoms with Crippen LogP contribution in [0.4, 0.5) is 5.69 Å². The number of hydrogen-bond donors (Lipinski definition) is 0. The Balaban J connectivity index is 1.37. The monoisotopic (exact) mass is 691 g/mol. The number of nitrogens with zero attached hydrogens (tertiary/aromatic N) is 1. The second-order valence-corrected chi connectivity index (χ2v) is 17.0. The van der Waals surface area contributed by atoms with Crippen LogP contribution in [0.3, 0.4) is 0 Å². The summed E-state index contributed by atoms with van der Waals surface area (Å²) in [6, 6.07) is 18.4. The molecule has 1 unspecified atom stereocenters. The summed E-state index contributed by atoms with van der Waals surface area (Å²) >= 11 is 0. The van der Waals surface area contributed by atoms with Gasteiger partial charge in [-0.15, -0.1) is 0 Å². The van der Waals surface area contributed by atoms with Crippen LogP contribution in [0.15, 0.2) is 84.5 Å². The number of fused-ring (bicyclic) bond motifs is 2. The van der Waals surface area contributed by atoms with Gasteiger partial charge in [0.05, 0.1) is 5.41 Å². The Labute approximate surface area is 315 Å². The van der Waals surface area contributed by atoms with Gasteiger partial charge in [-0.05, 0) is 37.8 Å². The average molecular weight is 691 g/mol. The molecule has 2 aromatic carbocycles. The molecule has 0 aromatic heterocycles. The van der Waals surface area contributed by atoms with Gasteiger partial charge in [0.1, 0.15) is 6.54 Å². The van der Waals surface area contributed by atoms with Gasteiger partial charge >= 0.3 is 0 Å². The van der Waals surface area contributed by atoms with Crippen molar-refractivity contribution in [2.75, 3.05) is 6.54 Å². The van der Waals surface area contributed by atoms with E-state index in [0.29, 0.717) is 5.92 Å². The van der Waals surface area contributed by atoms with Crippen LogP contribution in [0.1, 0.15) is 199 Å². The fraction of sp³-hybridized carbons (Fsp3) is 0.620. The van der Waals surface area contributed by atoms with E-state index in [1.54, 1.807) is 11.1 Å². The highest BCUT2D eigenvalue weighted by atomic mass is 15.1. The average Bonchev–Trinajstić information content (AvgIpc) is 3.48. The summed E-state index contributed by atoms with van der Waals surface area (Å²) in [6.07, 6.45) is 40.8. The van der Waals surface area contributed by atoms with Crippen molar-refractivity contribution in [1.82, 2.24) is 0 Å². The van der Waals surface area contributed by atoms with Crippen LogP contribution in [0.2, 0.25) is 0 Å². The molecule has 1 atom stereocenters. The number of para-hydroxylation sites is 1. The summed E-state index contributed by atoms with van der Waals surface area (Å²) in [5.74, 6) is 0.535. The van der Waals surface area contributed by atoms with Crippen molar-refractivity contribution in [2.24, 2.45) is 0 Å². The van der Waals surface area contributed by atoms with Crippen LogP contribution < -0.4 is 0 Å². The molecule has 4 rings (SSSR count). The van der Waals surface area contributed by atoms with Crippen LogP contribution in [0, 0.1) is 0 Å². The number of allylic oxidation sites excluding steroid dienone is 6. The van der Waals surface area contributed by atoms with Gasteiger partial charge < -0.3 is 0 Å². The van der Waals surface area contributed by atoms with Crippen LogP contribution in [0.25, 0.3) is 0 Å². The fourth-order valence-electron chi connectivity index (χ4n) is 9.11. The predicted octanol–water partition coefficient (Wildman–Crippen LogP) is 15.4. The van der Waals surface area contributed by atoms with Crippen molar-refractivity contribution >= 4 is 11.4 Å². The predicted molar refractivity (Wildman–Crippen MR) is 226 cm³/mol. The maximum absolute atomic E-state index is 2.63. The molecular weight excluding hydrogens is 615 g/mol. The lowest BCUT2D eigenvalue weighted by molar-refractivity contribution is -0.438. The zero-order valence-corrected chi connectivity index (χ0v) is 34.1. The van der Waals surface area contributed by atoms with Crippen molar-refractivity contribution in [2.45, 2.75) is 193 Å². The molecular formula is C50H76N+. The molecule has 1 heteroatoms. The smallest absolute Gasteiger partial charge is 0.195 e. The Bertz CT molecular complexity index is 1430. The number of hydrogen-bond acceptors (Lipinski definition) is 0. The van der Waals surface area contributed by atoms with Crippen LogP contribution in [0.5, 0.6) is 0 Å². The summed E-state index contributed by atoms with van der Waals surface area (Å²) in [5, 5.41) is 0. The Kier molecular flexibility index (Phi) is 17.5. The van der Waals surface area contributed by atoms with E-state index in [0.717, 1.165) is 6.54 Å². The van der Waals surface area contributed by atoms with Crippen molar-refractivity contribution < 1.29 is 4.58 Å². The minimum absolute atomic E-state index is 0.00707. The molecule has 0 saturated carbocycles. The van der Waals surface area contributed by atoms with Crippen LogP contribution in [-0.2, 0) is 10.8 Å². The molecule has 1 aliphatic heterocycles. The number of benzene rings is 2. The highest BCUT2D eigenvalue weighted by Gasteiger charge is 2.44. The molecule has 0 radical (unpaired) electrons. The van der Waals surface area contributed by atoms with E-state index in [-0.39, 0.29) is 10.8 Å². The Morgan fingerprint density at radius 2 is 1.04 bits per heavy atom. The minimum atomic E-state index is 0.00707. The van der Waals surface area contributed by atoms with E-state index in [2.05, 4.69) is 125 Å². The standard InChI is InChI=1S/C50H76N/c1-7-9-11-13-15-17-19-21-23-26-34-42-43-35-29-30-37-45(43)49(3,4)44(42)36-27-25-28-40-48-50(5,6)46-38-31-32-39-47(46)51(48)41-33-24-22-20-18-16-14-12-10-8-2/h25,27-32,35-40,42H,7-24,26,33-34,41H2,1-6H3/q+1/b27-25+,40-28+,44-36+. The molecule has 1 nitrogen and oxygen atoms in total. The van der Waals surface area contributed by atoms with Crippen molar-refractivity contribution in [3.8, 4) is 0 Å². The summed E-state index contributed by atoms with van der Waals surface area (Å²) in [7, 11) is 0. The molecule has 1 aliphatic carbocycles.